The van der Waals surface area contributed by atoms with Crippen molar-refractivity contribution in [1.29, 1.82) is 0 Å². The Labute approximate surface area is 120 Å². The van der Waals surface area contributed by atoms with Gasteiger partial charge in [0.25, 0.3) is 0 Å². The Hall–Kier alpha value is 0.640. The Morgan fingerprint density at radius 2 is 0.812 bits per heavy atom. The van der Waals surface area contributed by atoms with Crippen LogP contribution in [0.25, 0.3) is 0 Å². The molecule has 0 atom stereocenters. The Balaban J connectivity index is 0. The molecule has 0 saturated carbocycles. The van der Waals surface area contributed by atoms with Gasteiger partial charge in [0.15, 0.2) is 0 Å². The third kappa shape index (κ3) is 24.1. The molecule has 0 heterocycles. The zero-order valence-electron chi connectivity index (χ0n) is 10.7. The van der Waals surface area contributed by atoms with Crippen LogP contribution in [0.4, 0.5) is 0 Å². The van der Waals surface area contributed by atoms with Gasteiger partial charge in [0.1, 0.15) is 8.98 Å². The van der Waals surface area contributed by atoms with Crippen molar-refractivity contribution < 1.29 is 0 Å². The minimum Gasteiger partial charge on any atom is -0.0712 e. The molecule has 0 aromatic carbocycles. The summed E-state index contributed by atoms with van der Waals surface area (Å²) in [5.41, 5.74) is 0.192. The fourth-order valence-electron chi connectivity index (χ4n) is 0.655. The van der Waals surface area contributed by atoms with E-state index in [1.807, 2.05) is 41.5 Å². The standard InChI is InChI=1S/2C6H10Cl2/c2*1-6(2,3)4-5(7)8/h2*4H,1-3H3. The Bertz CT molecular complexity index is 215. The normalized spacial score (nSPS) is 11.1. The second-order valence-electron chi connectivity index (χ2n) is 5.60. The van der Waals surface area contributed by atoms with Gasteiger partial charge in [-0.15, -0.1) is 0 Å². The van der Waals surface area contributed by atoms with Crippen LogP contribution in [0.5, 0.6) is 0 Å². The molecule has 0 aromatic rings. The molecule has 96 valence electrons. The molecule has 0 aliphatic heterocycles. The molecule has 0 spiro atoms. The molecule has 0 aliphatic carbocycles. The summed E-state index contributed by atoms with van der Waals surface area (Å²) in [7, 11) is 0. The third-order valence-corrected chi connectivity index (χ3v) is 1.52. The van der Waals surface area contributed by atoms with Gasteiger partial charge in [0.2, 0.25) is 0 Å². The second-order valence-corrected chi connectivity index (χ2v) is 7.62. The van der Waals surface area contributed by atoms with E-state index in [1.54, 1.807) is 12.2 Å². The van der Waals surface area contributed by atoms with Crippen LogP contribution in [0.2, 0.25) is 0 Å². The maximum absolute atomic E-state index is 5.39. The van der Waals surface area contributed by atoms with Crippen LogP contribution in [0, 0.1) is 10.8 Å². The lowest BCUT2D eigenvalue weighted by molar-refractivity contribution is 0.544. The van der Waals surface area contributed by atoms with E-state index in [0.29, 0.717) is 8.98 Å². The van der Waals surface area contributed by atoms with Crippen molar-refractivity contribution in [2.75, 3.05) is 0 Å². The number of allylic oxidation sites excluding steroid dienone is 2. The Morgan fingerprint density at radius 1 is 0.625 bits per heavy atom. The average Bonchev–Trinajstić information content (AvgIpc) is 1.72. The summed E-state index contributed by atoms with van der Waals surface area (Å²) < 4.78 is 0.690. The summed E-state index contributed by atoms with van der Waals surface area (Å²) in [5.74, 6) is 0. The Morgan fingerprint density at radius 3 is 0.812 bits per heavy atom. The summed E-state index contributed by atoms with van der Waals surface area (Å²) in [6.45, 7) is 12.2. The van der Waals surface area contributed by atoms with E-state index in [0.717, 1.165) is 0 Å². The van der Waals surface area contributed by atoms with Crippen molar-refractivity contribution in [2.24, 2.45) is 10.8 Å². The minimum atomic E-state index is 0.0961. The molecule has 0 aromatic heterocycles. The van der Waals surface area contributed by atoms with Crippen molar-refractivity contribution in [3.05, 3.63) is 21.1 Å². The summed E-state index contributed by atoms with van der Waals surface area (Å²) in [5, 5.41) is 0. The molecule has 0 bridgehead atoms. The van der Waals surface area contributed by atoms with Crippen LogP contribution in [0.15, 0.2) is 21.1 Å². The highest BCUT2D eigenvalue weighted by Gasteiger charge is 2.05. The zero-order valence-corrected chi connectivity index (χ0v) is 13.7. The molecule has 0 radical (unpaired) electrons. The van der Waals surface area contributed by atoms with Crippen LogP contribution in [-0.4, -0.2) is 0 Å². The maximum atomic E-state index is 5.39. The maximum Gasteiger partial charge on any atom is 0.103 e. The van der Waals surface area contributed by atoms with E-state index >= 15 is 0 Å². The van der Waals surface area contributed by atoms with Crippen molar-refractivity contribution in [3.63, 3.8) is 0 Å². The number of hydrogen-bond donors (Lipinski definition) is 0. The molecule has 0 amide bonds. The van der Waals surface area contributed by atoms with Gasteiger partial charge in [-0.1, -0.05) is 87.9 Å². The lowest BCUT2D eigenvalue weighted by Crippen LogP contribution is -1.98. The molecule has 0 aliphatic rings. The Kier molecular flexibility index (Phi) is 9.34. The first-order valence-corrected chi connectivity index (χ1v) is 6.42. The fourth-order valence-corrected chi connectivity index (χ4v) is 1.96. The summed E-state index contributed by atoms with van der Waals surface area (Å²) in [6.07, 6.45) is 3.60. The monoisotopic (exact) mass is 304 g/mol. The van der Waals surface area contributed by atoms with Crippen LogP contribution in [-0.2, 0) is 0 Å². The van der Waals surface area contributed by atoms with E-state index < -0.39 is 0 Å². The van der Waals surface area contributed by atoms with Gasteiger partial charge < -0.3 is 0 Å². The predicted octanol–water partition coefficient (Wildman–Crippen LogP) is 6.70. The molecule has 0 rings (SSSR count). The molecular weight excluding hydrogens is 286 g/mol. The lowest BCUT2D eigenvalue weighted by Gasteiger charge is -2.10. The molecule has 0 fully saturated rings. The van der Waals surface area contributed by atoms with E-state index in [4.69, 9.17) is 46.4 Å². The van der Waals surface area contributed by atoms with E-state index in [-0.39, 0.29) is 10.8 Å². The third-order valence-electron chi connectivity index (χ3n) is 1.08. The highest BCUT2D eigenvalue weighted by atomic mass is 35.5. The molecule has 0 saturated heterocycles. The first-order chi connectivity index (χ1) is 6.83. The zero-order chi connectivity index (χ0) is 13.6. The van der Waals surface area contributed by atoms with Crippen LogP contribution >= 0.6 is 46.4 Å². The molecule has 0 nitrogen and oxygen atoms in total. The second kappa shape index (κ2) is 7.87. The van der Waals surface area contributed by atoms with Gasteiger partial charge in [0, 0.05) is 0 Å². The number of hydrogen-bond acceptors (Lipinski definition) is 0. The van der Waals surface area contributed by atoms with Gasteiger partial charge in [-0.2, -0.15) is 0 Å². The van der Waals surface area contributed by atoms with E-state index in [2.05, 4.69) is 0 Å². The van der Waals surface area contributed by atoms with Crippen LogP contribution < -0.4 is 0 Å². The number of rotatable bonds is 0. The van der Waals surface area contributed by atoms with Crippen molar-refractivity contribution >= 4 is 46.4 Å². The summed E-state index contributed by atoms with van der Waals surface area (Å²) in [6, 6.07) is 0. The van der Waals surface area contributed by atoms with Gasteiger partial charge >= 0.3 is 0 Å². The smallest absolute Gasteiger partial charge is 0.0712 e. The number of halogens is 4. The highest BCUT2D eigenvalue weighted by Crippen LogP contribution is 2.21. The minimum absolute atomic E-state index is 0.0961. The topological polar surface area (TPSA) is 0 Å². The van der Waals surface area contributed by atoms with Crippen molar-refractivity contribution in [1.82, 2.24) is 0 Å². The van der Waals surface area contributed by atoms with E-state index in [1.165, 1.54) is 0 Å². The SMILES string of the molecule is CC(C)(C)C=C(Cl)Cl.CC(C)(C)C=C(Cl)Cl. The molecule has 0 unspecified atom stereocenters. The highest BCUT2D eigenvalue weighted by molar-refractivity contribution is 6.56. The quantitative estimate of drug-likeness (QED) is 0.467. The first kappa shape index (κ1) is 19.0. The molecule has 0 N–H and O–H groups in total. The van der Waals surface area contributed by atoms with Crippen LogP contribution in [0.3, 0.4) is 0 Å². The molecular formula is C12H20Cl4. The van der Waals surface area contributed by atoms with Gasteiger partial charge in [-0.3, -0.25) is 0 Å². The van der Waals surface area contributed by atoms with Crippen molar-refractivity contribution in [3.8, 4) is 0 Å². The largest absolute Gasteiger partial charge is 0.103 e. The lowest BCUT2D eigenvalue weighted by atomic mass is 9.98. The predicted molar refractivity (Wildman–Crippen MR) is 78.5 cm³/mol. The first-order valence-electron chi connectivity index (χ1n) is 4.91. The van der Waals surface area contributed by atoms with Crippen molar-refractivity contribution in [2.45, 2.75) is 41.5 Å². The van der Waals surface area contributed by atoms with Crippen LogP contribution in [0.1, 0.15) is 41.5 Å². The average molecular weight is 306 g/mol. The summed E-state index contributed by atoms with van der Waals surface area (Å²) in [4.78, 5) is 0. The van der Waals surface area contributed by atoms with Gasteiger partial charge in [-0.05, 0) is 23.0 Å². The summed E-state index contributed by atoms with van der Waals surface area (Å²) >= 11 is 21.6. The van der Waals surface area contributed by atoms with E-state index in [9.17, 15) is 0 Å². The van der Waals surface area contributed by atoms with Gasteiger partial charge in [-0.25, -0.2) is 0 Å². The van der Waals surface area contributed by atoms with Gasteiger partial charge in [0.05, 0.1) is 0 Å². The molecule has 16 heavy (non-hydrogen) atoms. The molecule has 4 heteroatoms. The fraction of sp³-hybridized carbons (Fsp3) is 0.667.